The van der Waals surface area contributed by atoms with Crippen molar-refractivity contribution in [2.24, 2.45) is 5.41 Å². The van der Waals surface area contributed by atoms with Gasteiger partial charge in [0.05, 0.1) is 30.1 Å². The van der Waals surface area contributed by atoms with Gasteiger partial charge in [-0.1, -0.05) is 26.0 Å². The first kappa shape index (κ1) is 19.8. The van der Waals surface area contributed by atoms with E-state index in [1.807, 2.05) is 27.4 Å². The molecule has 8 heteroatoms. The highest BCUT2D eigenvalue weighted by molar-refractivity contribution is 5.97. The van der Waals surface area contributed by atoms with Gasteiger partial charge in [0.15, 0.2) is 5.43 Å². The van der Waals surface area contributed by atoms with E-state index in [-0.39, 0.29) is 23.1 Å². The van der Waals surface area contributed by atoms with Crippen LogP contribution in [0.4, 0.5) is 0 Å². The maximum Gasteiger partial charge on any atom is 0.341 e. The molecule has 2 aromatic heterocycles. The highest BCUT2D eigenvalue weighted by atomic mass is 16.5. The van der Waals surface area contributed by atoms with Crippen LogP contribution in [0.15, 0.2) is 35.3 Å². The number of carbonyl (C=O) groups is 1. The summed E-state index contributed by atoms with van der Waals surface area (Å²) in [4.78, 5) is 24.3. The van der Waals surface area contributed by atoms with E-state index in [9.17, 15) is 14.7 Å². The summed E-state index contributed by atoms with van der Waals surface area (Å²) in [5, 5.41) is 15.4. The van der Waals surface area contributed by atoms with Crippen LogP contribution in [0.25, 0.3) is 22.3 Å². The highest BCUT2D eigenvalue weighted by Gasteiger charge is 2.48. The fourth-order valence-electron chi connectivity index (χ4n) is 5.24. The van der Waals surface area contributed by atoms with E-state index in [2.05, 4.69) is 13.8 Å². The predicted octanol–water partition coefficient (Wildman–Crippen LogP) is 3.50. The number of carboxylic acid groups (broad SMARTS) is 1. The summed E-state index contributed by atoms with van der Waals surface area (Å²) in [5.41, 5.74) is 1.49. The molecule has 2 aliphatic rings. The van der Waals surface area contributed by atoms with Crippen molar-refractivity contribution in [3.05, 3.63) is 46.2 Å². The summed E-state index contributed by atoms with van der Waals surface area (Å²) < 4.78 is 15.0. The second-order valence-corrected chi connectivity index (χ2v) is 8.98. The molecule has 1 N–H and O–H groups in total. The number of pyridine rings is 1. The molecule has 2 atom stereocenters. The molecule has 1 aliphatic heterocycles. The molecule has 8 nitrogen and oxygen atoms in total. The molecule has 0 radical (unpaired) electrons. The van der Waals surface area contributed by atoms with Gasteiger partial charge < -0.3 is 19.1 Å². The van der Waals surface area contributed by atoms with Gasteiger partial charge in [-0.3, -0.25) is 9.48 Å². The Labute approximate surface area is 179 Å². The minimum atomic E-state index is -1.20. The Morgan fingerprint density at radius 1 is 1.32 bits per heavy atom. The van der Waals surface area contributed by atoms with Gasteiger partial charge in [-0.05, 0) is 24.3 Å². The van der Waals surface area contributed by atoms with Crippen LogP contribution in [0.5, 0.6) is 5.75 Å². The van der Waals surface area contributed by atoms with Crippen LogP contribution in [0.1, 0.15) is 49.1 Å². The van der Waals surface area contributed by atoms with Gasteiger partial charge in [0.1, 0.15) is 23.4 Å². The van der Waals surface area contributed by atoms with Crippen LogP contribution >= 0.6 is 0 Å². The van der Waals surface area contributed by atoms with Gasteiger partial charge in [0.2, 0.25) is 0 Å². The van der Waals surface area contributed by atoms with Crippen molar-refractivity contribution in [1.82, 2.24) is 14.3 Å². The number of benzene rings is 1. The van der Waals surface area contributed by atoms with Crippen LogP contribution in [0.3, 0.4) is 0 Å². The third-order valence-electron chi connectivity index (χ3n) is 6.65. The summed E-state index contributed by atoms with van der Waals surface area (Å²) in [7, 11) is 1.63. The van der Waals surface area contributed by atoms with Crippen LogP contribution in [-0.4, -0.2) is 45.7 Å². The quantitative estimate of drug-likeness (QED) is 0.631. The van der Waals surface area contributed by atoms with Crippen molar-refractivity contribution in [3.8, 4) is 17.1 Å². The normalized spacial score (nSPS) is 20.9. The number of aromatic nitrogens is 3. The van der Waals surface area contributed by atoms with E-state index in [1.165, 1.54) is 12.3 Å². The molecule has 0 spiro atoms. The minimum Gasteiger partial charge on any atom is -0.489 e. The van der Waals surface area contributed by atoms with E-state index in [4.69, 9.17) is 14.6 Å². The lowest BCUT2D eigenvalue weighted by Gasteiger charge is -2.39. The molecule has 3 heterocycles. The van der Waals surface area contributed by atoms with Gasteiger partial charge >= 0.3 is 5.97 Å². The van der Waals surface area contributed by atoms with E-state index >= 15 is 0 Å². The zero-order valence-corrected chi connectivity index (χ0v) is 17.8. The molecule has 5 rings (SSSR count). The first-order valence-electron chi connectivity index (χ1n) is 10.5. The Kier molecular flexibility index (Phi) is 4.44. The molecule has 1 saturated carbocycles. The Hall–Kier alpha value is -3.13. The molecule has 0 saturated heterocycles. The predicted molar refractivity (Wildman–Crippen MR) is 115 cm³/mol. The van der Waals surface area contributed by atoms with Gasteiger partial charge in [-0.2, -0.15) is 5.10 Å². The fraction of sp³-hybridized carbons (Fsp3) is 0.435. The zero-order chi connectivity index (χ0) is 21.9. The standard InChI is InChI=1S/C23H25N3O5/c1-23(2)8-7-15-21(23)25-12-14(22(28)29)17(27)11-16(25)20-13-5-4-6-18(31-10-9-30-3)19(13)24-26(15)20/h4-6,11-12,15,21H,7-10H2,1-3H3,(H,28,29). The highest BCUT2D eigenvalue weighted by Crippen LogP contribution is 2.56. The topological polar surface area (TPSA) is 95.6 Å². The van der Waals surface area contributed by atoms with Crippen LogP contribution in [-0.2, 0) is 4.74 Å². The maximum atomic E-state index is 12.6. The first-order valence-corrected chi connectivity index (χ1v) is 10.5. The van der Waals surface area contributed by atoms with Crippen molar-refractivity contribution >= 4 is 16.9 Å². The zero-order valence-electron chi connectivity index (χ0n) is 17.8. The van der Waals surface area contributed by atoms with Crippen molar-refractivity contribution in [3.63, 3.8) is 0 Å². The largest absolute Gasteiger partial charge is 0.489 e. The van der Waals surface area contributed by atoms with Crippen molar-refractivity contribution in [2.75, 3.05) is 20.3 Å². The van der Waals surface area contributed by atoms with Crippen LogP contribution in [0, 0.1) is 5.41 Å². The lowest BCUT2D eigenvalue weighted by Crippen LogP contribution is -2.35. The summed E-state index contributed by atoms with van der Waals surface area (Å²) in [6.07, 6.45) is 3.42. The number of aromatic carboxylic acids is 1. The Bertz CT molecular complexity index is 1260. The van der Waals surface area contributed by atoms with E-state index in [0.29, 0.717) is 24.7 Å². The third kappa shape index (κ3) is 2.89. The smallest absolute Gasteiger partial charge is 0.341 e. The van der Waals surface area contributed by atoms with Gasteiger partial charge in [-0.25, -0.2) is 4.79 Å². The molecule has 162 valence electrons. The van der Waals surface area contributed by atoms with Crippen LogP contribution < -0.4 is 10.2 Å². The molecule has 1 fully saturated rings. The number of carboxylic acids is 1. The summed E-state index contributed by atoms with van der Waals surface area (Å²) in [6, 6.07) is 7.28. The van der Waals surface area contributed by atoms with Crippen LogP contribution in [0.2, 0.25) is 0 Å². The lowest BCUT2D eigenvalue weighted by atomic mass is 9.84. The summed E-state index contributed by atoms with van der Waals surface area (Å²) in [6.45, 7) is 5.26. The number of hydrogen-bond acceptors (Lipinski definition) is 5. The van der Waals surface area contributed by atoms with E-state index < -0.39 is 11.4 Å². The average molecular weight is 423 g/mol. The van der Waals surface area contributed by atoms with Crippen molar-refractivity contribution in [1.29, 1.82) is 0 Å². The molecular formula is C23H25N3O5. The maximum absolute atomic E-state index is 12.6. The Balaban J connectivity index is 1.78. The average Bonchev–Trinajstić information content (AvgIpc) is 3.26. The Morgan fingerprint density at radius 3 is 2.87 bits per heavy atom. The van der Waals surface area contributed by atoms with E-state index in [0.717, 1.165) is 29.4 Å². The number of methoxy groups -OCH3 is 1. The third-order valence-corrected chi connectivity index (χ3v) is 6.65. The number of ether oxygens (including phenoxy) is 2. The molecule has 0 bridgehead atoms. The van der Waals surface area contributed by atoms with Crippen molar-refractivity contribution < 1.29 is 19.4 Å². The molecule has 1 aliphatic carbocycles. The number of rotatable bonds is 5. The molecular weight excluding hydrogens is 398 g/mol. The summed E-state index contributed by atoms with van der Waals surface area (Å²) >= 11 is 0. The number of fused-ring (bicyclic) bond motifs is 8. The monoisotopic (exact) mass is 423 g/mol. The van der Waals surface area contributed by atoms with Gasteiger partial charge in [0.25, 0.3) is 0 Å². The van der Waals surface area contributed by atoms with Gasteiger partial charge in [-0.15, -0.1) is 0 Å². The van der Waals surface area contributed by atoms with Gasteiger partial charge in [0, 0.05) is 24.8 Å². The van der Waals surface area contributed by atoms with Crippen molar-refractivity contribution in [2.45, 2.75) is 38.8 Å². The second kappa shape index (κ2) is 6.95. The molecule has 2 unspecified atom stereocenters. The molecule has 0 amide bonds. The molecule has 3 aromatic rings. The second-order valence-electron chi connectivity index (χ2n) is 8.98. The molecule has 1 aromatic carbocycles. The van der Waals surface area contributed by atoms with E-state index in [1.54, 1.807) is 7.11 Å². The summed E-state index contributed by atoms with van der Waals surface area (Å²) in [5.74, 6) is -0.535. The number of nitrogens with zero attached hydrogens (tertiary/aromatic N) is 3. The first-order chi connectivity index (χ1) is 14.8. The lowest BCUT2D eigenvalue weighted by molar-refractivity contribution is 0.0693. The fourth-order valence-corrected chi connectivity index (χ4v) is 5.24. The minimum absolute atomic E-state index is 0.000807. The SMILES string of the molecule is COCCOc1cccc2c3n(nc12)C1CCC(C)(C)C1n1cc(C(=O)O)c(=O)cc1-3. The number of hydrogen-bond donors (Lipinski definition) is 1. The Morgan fingerprint density at radius 2 is 2.13 bits per heavy atom. The molecule has 31 heavy (non-hydrogen) atoms.